The standard InChI is InChI=1S/C26H27FN2OS/c1-16-13-17(2)15-20(14-16)28-26(30)29-12-11-22-21-5-3-4-6-23(21)31-25(22)24(29)18-7-9-19(27)10-8-18/h7-10,13-15,24H,3-6,11-12H2,1-2H3,(H,28,30)/t24-/m0/s1. The first kappa shape index (κ1) is 20.3. The summed E-state index contributed by atoms with van der Waals surface area (Å²) >= 11 is 1.86. The zero-order valence-corrected chi connectivity index (χ0v) is 18.8. The van der Waals surface area contributed by atoms with Crippen molar-refractivity contribution in [3.05, 3.63) is 85.9 Å². The number of carbonyl (C=O) groups is 1. The van der Waals surface area contributed by atoms with Crippen LogP contribution in [0.4, 0.5) is 14.9 Å². The Kier molecular flexibility index (Phi) is 5.30. The Morgan fingerprint density at radius 2 is 1.71 bits per heavy atom. The normalized spacial score (nSPS) is 17.8. The van der Waals surface area contributed by atoms with E-state index < -0.39 is 0 Å². The molecule has 31 heavy (non-hydrogen) atoms. The van der Waals surface area contributed by atoms with Gasteiger partial charge in [0.05, 0.1) is 6.04 Å². The van der Waals surface area contributed by atoms with Crippen molar-refractivity contribution in [2.75, 3.05) is 11.9 Å². The van der Waals surface area contributed by atoms with Crippen LogP contribution in [0.25, 0.3) is 0 Å². The Morgan fingerprint density at radius 3 is 2.45 bits per heavy atom. The first-order chi connectivity index (χ1) is 15.0. The largest absolute Gasteiger partial charge is 0.322 e. The molecule has 0 fully saturated rings. The molecule has 2 aromatic carbocycles. The minimum Gasteiger partial charge on any atom is -0.312 e. The van der Waals surface area contributed by atoms with Gasteiger partial charge in [0.2, 0.25) is 0 Å². The molecular weight excluding hydrogens is 407 g/mol. The first-order valence-corrected chi connectivity index (χ1v) is 11.9. The van der Waals surface area contributed by atoms with E-state index in [4.69, 9.17) is 0 Å². The van der Waals surface area contributed by atoms with E-state index in [1.165, 1.54) is 45.9 Å². The second kappa shape index (κ2) is 8.12. The number of benzene rings is 2. The number of anilines is 1. The van der Waals surface area contributed by atoms with Crippen molar-refractivity contribution in [2.45, 2.75) is 52.0 Å². The molecule has 5 heteroatoms. The zero-order chi connectivity index (χ0) is 21.5. The Morgan fingerprint density at radius 1 is 1.00 bits per heavy atom. The quantitative estimate of drug-likeness (QED) is 0.486. The number of nitrogens with one attached hydrogen (secondary N) is 1. The number of hydrogen-bond donors (Lipinski definition) is 1. The van der Waals surface area contributed by atoms with E-state index in [0.29, 0.717) is 6.54 Å². The van der Waals surface area contributed by atoms with Crippen LogP contribution < -0.4 is 5.32 Å². The van der Waals surface area contributed by atoms with Gasteiger partial charge in [0.15, 0.2) is 0 Å². The summed E-state index contributed by atoms with van der Waals surface area (Å²) in [5.74, 6) is -0.253. The van der Waals surface area contributed by atoms with Crippen LogP contribution in [0.1, 0.15) is 56.5 Å². The van der Waals surface area contributed by atoms with Crippen LogP contribution >= 0.6 is 11.3 Å². The van der Waals surface area contributed by atoms with Crippen LogP contribution in [0.15, 0.2) is 42.5 Å². The molecule has 0 spiro atoms. The van der Waals surface area contributed by atoms with E-state index in [9.17, 15) is 9.18 Å². The predicted octanol–water partition coefficient (Wildman–Crippen LogP) is 6.56. The van der Waals surface area contributed by atoms with E-state index in [1.54, 1.807) is 0 Å². The third kappa shape index (κ3) is 3.87. The maximum Gasteiger partial charge on any atom is 0.322 e. The Bertz CT molecular complexity index is 1110. The minimum absolute atomic E-state index is 0.101. The minimum atomic E-state index is -0.253. The van der Waals surface area contributed by atoms with E-state index >= 15 is 0 Å². The van der Waals surface area contributed by atoms with Crippen molar-refractivity contribution in [3.8, 4) is 0 Å². The summed E-state index contributed by atoms with van der Waals surface area (Å²) in [6.07, 6.45) is 5.65. The molecule has 2 amide bonds. The van der Waals surface area contributed by atoms with Gasteiger partial charge in [0, 0.05) is 22.0 Å². The summed E-state index contributed by atoms with van der Waals surface area (Å²) in [5.41, 5.74) is 6.99. The van der Waals surface area contributed by atoms with Gasteiger partial charge < -0.3 is 10.2 Å². The molecule has 1 aromatic heterocycles. The average molecular weight is 435 g/mol. The highest BCUT2D eigenvalue weighted by atomic mass is 32.1. The zero-order valence-electron chi connectivity index (χ0n) is 18.0. The summed E-state index contributed by atoms with van der Waals surface area (Å²) in [4.78, 5) is 18.1. The molecule has 160 valence electrons. The molecule has 3 aromatic rings. The van der Waals surface area contributed by atoms with Crippen molar-refractivity contribution >= 4 is 23.1 Å². The van der Waals surface area contributed by atoms with Gasteiger partial charge in [0.25, 0.3) is 0 Å². The number of halogens is 1. The Balaban J connectivity index is 1.53. The fourth-order valence-electron chi connectivity index (χ4n) is 5.09. The number of fused-ring (bicyclic) bond motifs is 3. The monoisotopic (exact) mass is 434 g/mol. The third-order valence-electron chi connectivity index (χ3n) is 6.39. The second-order valence-electron chi connectivity index (χ2n) is 8.76. The summed E-state index contributed by atoms with van der Waals surface area (Å²) in [7, 11) is 0. The Hall–Kier alpha value is -2.66. The van der Waals surface area contributed by atoms with Gasteiger partial charge in [-0.15, -0.1) is 11.3 Å². The summed E-state index contributed by atoms with van der Waals surface area (Å²) in [6.45, 7) is 4.73. The van der Waals surface area contributed by atoms with E-state index in [-0.39, 0.29) is 17.9 Å². The number of hydrogen-bond acceptors (Lipinski definition) is 2. The molecule has 0 saturated heterocycles. The molecular formula is C26H27FN2OS. The molecule has 2 aliphatic rings. The van der Waals surface area contributed by atoms with Gasteiger partial charge in [-0.25, -0.2) is 9.18 Å². The highest BCUT2D eigenvalue weighted by Gasteiger charge is 2.36. The van der Waals surface area contributed by atoms with Crippen molar-refractivity contribution in [2.24, 2.45) is 0 Å². The van der Waals surface area contributed by atoms with Crippen molar-refractivity contribution < 1.29 is 9.18 Å². The van der Waals surface area contributed by atoms with Gasteiger partial charge in [-0.3, -0.25) is 0 Å². The van der Waals surface area contributed by atoms with Crippen LogP contribution in [0.2, 0.25) is 0 Å². The van der Waals surface area contributed by atoms with Crippen molar-refractivity contribution in [3.63, 3.8) is 0 Å². The van der Waals surface area contributed by atoms with E-state index in [1.807, 2.05) is 54.3 Å². The van der Waals surface area contributed by atoms with Crippen molar-refractivity contribution in [1.29, 1.82) is 0 Å². The number of amides is 2. The molecule has 3 nitrogen and oxygen atoms in total. The van der Waals surface area contributed by atoms with Gasteiger partial charge in [0.1, 0.15) is 5.82 Å². The second-order valence-corrected chi connectivity index (χ2v) is 9.89. The highest BCUT2D eigenvalue weighted by molar-refractivity contribution is 7.12. The SMILES string of the molecule is Cc1cc(C)cc(NC(=O)N2CCc3c(sc4c3CCCC4)[C@@H]2c2ccc(F)cc2)c1. The topological polar surface area (TPSA) is 32.3 Å². The van der Waals surface area contributed by atoms with E-state index in [0.717, 1.165) is 41.6 Å². The summed E-state index contributed by atoms with van der Waals surface area (Å²) in [6, 6.07) is 12.5. The highest BCUT2D eigenvalue weighted by Crippen LogP contribution is 2.45. The lowest BCUT2D eigenvalue weighted by Crippen LogP contribution is -2.42. The summed E-state index contributed by atoms with van der Waals surface area (Å²) in [5, 5.41) is 3.11. The maximum atomic E-state index is 13.7. The number of carbonyl (C=O) groups excluding carboxylic acids is 1. The number of thiophene rings is 1. The van der Waals surface area contributed by atoms with Gasteiger partial charge in [-0.2, -0.15) is 0 Å². The lowest BCUT2D eigenvalue weighted by Gasteiger charge is -2.36. The molecule has 2 heterocycles. The van der Waals surface area contributed by atoms with Crippen LogP contribution in [-0.2, 0) is 19.3 Å². The number of aryl methyl sites for hydroxylation is 3. The predicted molar refractivity (Wildman–Crippen MR) is 125 cm³/mol. The average Bonchev–Trinajstić information content (AvgIpc) is 3.12. The van der Waals surface area contributed by atoms with Crippen LogP contribution in [0, 0.1) is 19.7 Å². The van der Waals surface area contributed by atoms with Crippen LogP contribution in [-0.4, -0.2) is 17.5 Å². The first-order valence-electron chi connectivity index (χ1n) is 11.0. The summed E-state index contributed by atoms with van der Waals surface area (Å²) < 4.78 is 13.7. The molecule has 1 N–H and O–H groups in total. The van der Waals surface area contributed by atoms with Crippen LogP contribution in [0.3, 0.4) is 0 Å². The number of nitrogens with zero attached hydrogens (tertiary/aromatic N) is 1. The van der Waals surface area contributed by atoms with E-state index in [2.05, 4.69) is 11.4 Å². The molecule has 0 unspecified atom stereocenters. The molecule has 0 radical (unpaired) electrons. The van der Waals surface area contributed by atoms with Gasteiger partial charge in [-0.05, 0) is 98.0 Å². The fourth-order valence-corrected chi connectivity index (χ4v) is 6.67. The molecule has 1 aliphatic heterocycles. The third-order valence-corrected chi connectivity index (χ3v) is 7.78. The molecule has 0 saturated carbocycles. The molecule has 1 atom stereocenters. The molecule has 0 bridgehead atoms. The van der Waals surface area contributed by atoms with Gasteiger partial charge in [-0.1, -0.05) is 18.2 Å². The number of urea groups is 1. The molecule has 5 rings (SSSR count). The number of rotatable bonds is 2. The lowest BCUT2D eigenvalue weighted by atomic mass is 9.88. The maximum absolute atomic E-state index is 13.7. The van der Waals surface area contributed by atoms with Crippen LogP contribution in [0.5, 0.6) is 0 Å². The smallest absolute Gasteiger partial charge is 0.312 e. The fraction of sp³-hybridized carbons (Fsp3) is 0.346. The molecule has 1 aliphatic carbocycles. The Labute approximate surface area is 186 Å². The van der Waals surface area contributed by atoms with Crippen molar-refractivity contribution in [1.82, 2.24) is 4.90 Å². The lowest BCUT2D eigenvalue weighted by molar-refractivity contribution is 0.195. The van der Waals surface area contributed by atoms with Gasteiger partial charge >= 0.3 is 6.03 Å².